The number of halogens is 6. The highest BCUT2D eigenvalue weighted by molar-refractivity contribution is 6.45. The van der Waals surface area contributed by atoms with Crippen molar-refractivity contribution in [2.24, 2.45) is 0 Å². The van der Waals surface area contributed by atoms with Crippen molar-refractivity contribution < 1.29 is 13.2 Å². The molecule has 0 bridgehead atoms. The first-order valence-electron chi connectivity index (χ1n) is 4.98. The highest BCUT2D eigenvalue weighted by Gasteiger charge is 2.32. The lowest BCUT2D eigenvalue weighted by Crippen LogP contribution is -2.08. The molecule has 100 valence electrons. The Hall–Kier alpha value is -0.970. The predicted octanol–water partition coefficient (Wildman–Crippen LogP) is 5.73. The molecule has 0 radical (unpaired) electrons. The number of hydrogen-bond donors (Lipinski definition) is 0. The molecule has 2 rings (SSSR count). The Bertz CT molecular complexity index is 626. The highest BCUT2D eigenvalue weighted by atomic mass is 35.5. The minimum Gasteiger partial charge on any atom is -0.243 e. The van der Waals surface area contributed by atoms with E-state index in [1.807, 2.05) is 0 Å². The van der Waals surface area contributed by atoms with Crippen LogP contribution in [0.2, 0.25) is 15.1 Å². The summed E-state index contributed by atoms with van der Waals surface area (Å²) >= 11 is 17.6. The maximum atomic E-state index is 12.6. The lowest BCUT2D eigenvalue weighted by atomic mass is 10.1. The Labute approximate surface area is 121 Å². The highest BCUT2D eigenvalue weighted by Crippen LogP contribution is 2.37. The molecule has 2 aromatic rings. The number of hydrogen-bond acceptors (Lipinski definition) is 1. The Balaban J connectivity index is 2.60. The fourth-order valence-corrected chi connectivity index (χ4v) is 2.18. The molecule has 0 saturated carbocycles. The van der Waals surface area contributed by atoms with Gasteiger partial charge in [-0.25, -0.2) is 4.98 Å². The van der Waals surface area contributed by atoms with Gasteiger partial charge in [0.15, 0.2) is 0 Å². The van der Waals surface area contributed by atoms with E-state index in [1.165, 1.54) is 24.3 Å². The van der Waals surface area contributed by atoms with E-state index in [4.69, 9.17) is 34.8 Å². The standard InChI is InChI=1S/C12H5Cl3F3N/c13-6-4-7(11(15)8(14)5-6)9-2-1-3-10(19-9)12(16,17)18/h1-5H. The van der Waals surface area contributed by atoms with E-state index in [0.29, 0.717) is 0 Å². The molecule has 0 atom stereocenters. The Morgan fingerprint density at radius 1 is 1.00 bits per heavy atom. The van der Waals surface area contributed by atoms with Gasteiger partial charge in [0.1, 0.15) is 5.69 Å². The van der Waals surface area contributed by atoms with Gasteiger partial charge in [0.05, 0.1) is 15.7 Å². The van der Waals surface area contributed by atoms with E-state index in [1.54, 1.807) is 0 Å². The minimum absolute atomic E-state index is 0.0595. The minimum atomic E-state index is -4.52. The first kappa shape index (κ1) is 14.4. The van der Waals surface area contributed by atoms with Crippen LogP contribution in [-0.2, 0) is 6.18 Å². The summed E-state index contributed by atoms with van der Waals surface area (Å²) in [6.07, 6.45) is -4.52. The first-order valence-corrected chi connectivity index (χ1v) is 6.11. The van der Waals surface area contributed by atoms with Crippen molar-refractivity contribution in [2.45, 2.75) is 6.18 Å². The normalized spacial score (nSPS) is 11.7. The molecule has 19 heavy (non-hydrogen) atoms. The summed E-state index contributed by atoms with van der Waals surface area (Å²) in [5, 5.41) is 0.532. The number of nitrogens with zero attached hydrogens (tertiary/aromatic N) is 1. The van der Waals surface area contributed by atoms with E-state index >= 15 is 0 Å². The number of rotatable bonds is 1. The van der Waals surface area contributed by atoms with Gasteiger partial charge in [-0.15, -0.1) is 0 Å². The third-order valence-electron chi connectivity index (χ3n) is 2.31. The van der Waals surface area contributed by atoms with E-state index in [2.05, 4.69) is 4.98 Å². The maximum absolute atomic E-state index is 12.6. The molecule has 1 nitrogen and oxygen atoms in total. The monoisotopic (exact) mass is 325 g/mol. The molecule has 0 unspecified atom stereocenters. The summed E-state index contributed by atoms with van der Waals surface area (Å²) in [6.45, 7) is 0. The number of pyridine rings is 1. The van der Waals surface area contributed by atoms with E-state index in [9.17, 15) is 13.2 Å². The Morgan fingerprint density at radius 2 is 1.68 bits per heavy atom. The van der Waals surface area contributed by atoms with Crippen LogP contribution in [0.5, 0.6) is 0 Å². The quantitative estimate of drug-likeness (QED) is 0.610. The molecule has 0 amide bonds. The van der Waals surface area contributed by atoms with Crippen LogP contribution in [0.15, 0.2) is 30.3 Å². The summed E-state index contributed by atoms with van der Waals surface area (Å²) in [4.78, 5) is 3.53. The molecule has 0 saturated heterocycles. The zero-order valence-electron chi connectivity index (χ0n) is 9.10. The molecule has 0 spiro atoms. The van der Waals surface area contributed by atoms with E-state index in [-0.39, 0.29) is 26.3 Å². The van der Waals surface area contributed by atoms with Gasteiger partial charge in [-0.3, -0.25) is 0 Å². The molecule has 1 aromatic carbocycles. The SMILES string of the molecule is FC(F)(F)c1cccc(-c2cc(Cl)cc(Cl)c2Cl)n1. The summed E-state index contributed by atoms with van der Waals surface area (Å²) in [6, 6.07) is 6.35. The fraction of sp³-hybridized carbons (Fsp3) is 0.0833. The molecule has 1 aromatic heterocycles. The van der Waals surface area contributed by atoms with Crippen LogP contribution >= 0.6 is 34.8 Å². The lowest BCUT2D eigenvalue weighted by Gasteiger charge is -2.10. The van der Waals surface area contributed by atoms with Crippen molar-refractivity contribution in [1.82, 2.24) is 4.98 Å². The van der Waals surface area contributed by atoms with Crippen LogP contribution in [0, 0.1) is 0 Å². The van der Waals surface area contributed by atoms with Crippen molar-refractivity contribution in [3.05, 3.63) is 51.1 Å². The molecule has 0 aliphatic carbocycles. The first-order chi connectivity index (χ1) is 8.79. The number of aromatic nitrogens is 1. The smallest absolute Gasteiger partial charge is 0.243 e. The second-order valence-corrected chi connectivity index (χ2v) is 4.88. The predicted molar refractivity (Wildman–Crippen MR) is 69.7 cm³/mol. The van der Waals surface area contributed by atoms with E-state index in [0.717, 1.165) is 6.07 Å². The third-order valence-corrected chi connectivity index (χ3v) is 3.33. The van der Waals surface area contributed by atoms with Crippen LogP contribution in [0.1, 0.15) is 5.69 Å². The van der Waals surface area contributed by atoms with Crippen LogP contribution < -0.4 is 0 Å². The summed E-state index contributed by atoms with van der Waals surface area (Å²) in [7, 11) is 0. The largest absolute Gasteiger partial charge is 0.433 e. The zero-order chi connectivity index (χ0) is 14.2. The van der Waals surface area contributed by atoms with Crippen molar-refractivity contribution in [2.75, 3.05) is 0 Å². The van der Waals surface area contributed by atoms with Gasteiger partial charge >= 0.3 is 6.18 Å². The Kier molecular flexibility index (Phi) is 3.95. The van der Waals surface area contributed by atoms with Gasteiger partial charge in [-0.05, 0) is 24.3 Å². The van der Waals surface area contributed by atoms with Gasteiger partial charge in [0, 0.05) is 10.6 Å². The van der Waals surface area contributed by atoms with Crippen molar-refractivity contribution in [3.63, 3.8) is 0 Å². The van der Waals surface area contributed by atoms with Crippen LogP contribution in [0.4, 0.5) is 13.2 Å². The van der Waals surface area contributed by atoms with Gasteiger partial charge in [-0.1, -0.05) is 40.9 Å². The topological polar surface area (TPSA) is 12.9 Å². The van der Waals surface area contributed by atoms with Crippen molar-refractivity contribution in [3.8, 4) is 11.3 Å². The van der Waals surface area contributed by atoms with Crippen LogP contribution in [0.3, 0.4) is 0 Å². The van der Waals surface area contributed by atoms with Gasteiger partial charge in [0.25, 0.3) is 0 Å². The summed E-state index contributed by atoms with van der Waals surface area (Å²) < 4.78 is 37.8. The molecule has 0 aliphatic rings. The average molecular weight is 327 g/mol. The second kappa shape index (κ2) is 5.19. The van der Waals surface area contributed by atoms with Crippen molar-refractivity contribution >= 4 is 34.8 Å². The molecule has 7 heteroatoms. The zero-order valence-corrected chi connectivity index (χ0v) is 11.4. The third kappa shape index (κ3) is 3.14. The molecule has 0 fully saturated rings. The molecule has 1 heterocycles. The number of benzene rings is 1. The molecular weight excluding hydrogens is 321 g/mol. The van der Waals surface area contributed by atoms with Crippen LogP contribution in [0.25, 0.3) is 11.3 Å². The van der Waals surface area contributed by atoms with Gasteiger partial charge in [-0.2, -0.15) is 13.2 Å². The summed E-state index contributed by atoms with van der Waals surface area (Å²) in [5.41, 5.74) is -0.688. The number of alkyl halides is 3. The van der Waals surface area contributed by atoms with E-state index < -0.39 is 11.9 Å². The maximum Gasteiger partial charge on any atom is 0.433 e. The average Bonchev–Trinajstić information content (AvgIpc) is 2.33. The van der Waals surface area contributed by atoms with Gasteiger partial charge in [0.2, 0.25) is 0 Å². The Morgan fingerprint density at radius 3 is 2.32 bits per heavy atom. The van der Waals surface area contributed by atoms with Gasteiger partial charge < -0.3 is 0 Å². The lowest BCUT2D eigenvalue weighted by molar-refractivity contribution is -0.141. The molecule has 0 N–H and O–H groups in total. The molecule has 0 aliphatic heterocycles. The second-order valence-electron chi connectivity index (χ2n) is 3.65. The molecular formula is C12H5Cl3F3N. The van der Waals surface area contributed by atoms with Crippen LogP contribution in [-0.4, -0.2) is 4.98 Å². The fourth-order valence-electron chi connectivity index (χ4n) is 1.48. The van der Waals surface area contributed by atoms with Crippen molar-refractivity contribution in [1.29, 1.82) is 0 Å². The summed E-state index contributed by atoms with van der Waals surface area (Å²) in [5.74, 6) is 0.